The van der Waals surface area contributed by atoms with Crippen LogP contribution in [0, 0.1) is 41.4 Å². The molecule has 0 aromatic rings. The summed E-state index contributed by atoms with van der Waals surface area (Å²) in [5.74, 6) is 7.55. The molecule has 0 radical (unpaired) electrons. The summed E-state index contributed by atoms with van der Waals surface area (Å²) in [5, 5.41) is 0. The van der Waals surface area contributed by atoms with Crippen molar-refractivity contribution in [2.24, 2.45) is 41.4 Å². The highest BCUT2D eigenvalue weighted by Crippen LogP contribution is 2.69. The Balaban J connectivity index is 1.42. The van der Waals surface area contributed by atoms with E-state index >= 15 is 0 Å². The van der Waals surface area contributed by atoms with E-state index < -0.39 is 0 Å². The Labute approximate surface area is 116 Å². The number of carbonyl (C=O) groups excluding carboxylic acids is 1. The zero-order valence-corrected chi connectivity index (χ0v) is 12.1. The van der Waals surface area contributed by atoms with Gasteiger partial charge < -0.3 is 0 Å². The standard InChI is InChI=1S/C18H26O/c1-10(2)16(19)6-5-11-7-14-9-15(11)18-13-4-3-12(8-13)17(14)18/h11-15,17-18H,1,3-9H2,2H3. The summed E-state index contributed by atoms with van der Waals surface area (Å²) >= 11 is 0. The van der Waals surface area contributed by atoms with E-state index in [0.29, 0.717) is 5.78 Å². The number of Topliss-reactive ketones (excluding diaryl/α,β-unsaturated/α-hetero) is 1. The van der Waals surface area contributed by atoms with Crippen LogP contribution in [0.5, 0.6) is 0 Å². The molecule has 4 saturated carbocycles. The summed E-state index contributed by atoms with van der Waals surface area (Å²) in [6, 6.07) is 0. The van der Waals surface area contributed by atoms with Gasteiger partial charge in [0, 0.05) is 6.42 Å². The van der Waals surface area contributed by atoms with Crippen LogP contribution >= 0.6 is 0 Å². The van der Waals surface area contributed by atoms with Crippen LogP contribution in [-0.4, -0.2) is 5.78 Å². The fraction of sp³-hybridized carbons (Fsp3) is 0.833. The second-order valence-electron chi connectivity index (χ2n) is 7.89. The summed E-state index contributed by atoms with van der Waals surface area (Å²) < 4.78 is 0. The van der Waals surface area contributed by atoms with Crippen molar-refractivity contribution in [3.63, 3.8) is 0 Å². The van der Waals surface area contributed by atoms with Crippen LogP contribution in [0.2, 0.25) is 0 Å². The maximum Gasteiger partial charge on any atom is 0.157 e. The topological polar surface area (TPSA) is 17.1 Å². The molecule has 4 aliphatic rings. The first-order chi connectivity index (χ1) is 9.15. The lowest BCUT2D eigenvalue weighted by Crippen LogP contribution is -2.32. The quantitative estimate of drug-likeness (QED) is 0.545. The molecule has 1 heteroatoms. The fourth-order valence-corrected chi connectivity index (χ4v) is 6.56. The van der Waals surface area contributed by atoms with Gasteiger partial charge in [-0.1, -0.05) is 6.58 Å². The van der Waals surface area contributed by atoms with E-state index in [4.69, 9.17) is 0 Å². The number of hydrogen-bond donors (Lipinski definition) is 0. The third-order valence-corrected chi connectivity index (χ3v) is 7.09. The highest BCUT2D eigenvalue weighted by molar-refractivity contribution is 5.94. The zero-order valence-electron chi connectivity index (χ0n) is 12.1. The molecule has 0 aliphatic heterocycles. The van der Waals surface area contributed by atoms with Gasteiger partial charge >= 0.3 is 0 Å². The second-order valence-corrected chi connectivity index (χ2v) is 7.89. The lowest BCUT2D eigenvalue weighted by Gasteiger charge is -2.38. The van der Waals surface area contributed by atoms with E-state index in [-0.39, 0.29) is 0 Å². The Morgan fingerprint density at radius 1 is 1.05 bits per heavy atom. The Morgan fingerprint density at radius 3 is 2.53 bits per heavy atom. The van der Waals surface area contributed by atoms with Crippen LogP contribution in [0.1, 0.15) is 51.9 Å². The maximum absolute atomic E-state index is 11.8. The van der Waals surface area contributed by atoms with Crippen LogP contribution in [0.25, 0.3) is 0 Å². The van der Waals surface area contributed by atoms with E-state index in [2.05, 4.69) is 6.58 Å². The first kappa shape index (κ1) is 12.2. The van der Waals surface area contributed by atoms with Gasteiger partial charge in [-0.05, 0) is 92.4 Å². The van der Waals surface area contributed by atoms with Crippen molar-refractivity contribution in [2.75, 3.05) is 0 Å². The molecule has 0 aromatic heterocycles. The van der Waals surface area contributed by atoms with Crippen molar-refractivity contribution in [1.29, 1.82) is 0 Å². The molecule has 4 aliphatic carbocycles. The largest absolute Gasteiger partial charge is 0.295 e. The molecule has 0 spiro atoms. The summed E-state index contributed by atoms with van der Waals surface area (Å²) in [6.07, 6.45) is 9.47. The molecule has 7 atom stereocenters. The van der Waals surface area contributed by atoms with Gasteiger partial charge in [0.25, 0.3) is 0 Å². The van der Waals surface area contributed by atoms with Crippen LogP contribution in [0.3, 0.4) is 0 Å². The van der Waals surface area contributed by atoms with Gasteiger partial charge in [-0.2, -0.15) is 0 Å². The van der Waals surface area contributed by atoms with Crippen LogP contribution in [-0.2, 0) is 4.79 Å². The fourth-order valence-electron chi connectivity index (χ4n) is 6.56. The molecule has 0 heterocycles. The van der Waals surface area contributed by atoms with E-state index in [9.17, 15) is 4.79 Å². The van der Waals surface area contributed by atoms with Gasteiger partial charge in [-0.25, -0.2) is 0 Å². The lowest BCUT2D eigenvalue weighted by molar-refractivity contribution is -0.115. The minimum absolute atomic E-state index is 0.298. The Kier molecular flexibility index (Phi) is 2.69. The predicted octanol–water partition coefficient (Wildman–Crippen LogP) is 4.23. The maximum atomic E-state index is 11.8. The summed E-state index contributed by atoms with van der Waals surface area (Å²) in [4.78, 5) is 11.8. The van der Waals surface area contributed by atoms with Gasteiger partial charge in [-0.3, -0.25) is 4.79 Å². The van der Waals surface area contributed by atoms with Crippen LogP contribution in [0.15, 0.2) is 12.2 Å². The molecule has 19 heavy (non-hydrogen) atoms. The molecule has 0 saturated heterocycles. The van der Waals surface area contributed by atoms with Crippen molar-refractivity contribution in [3.05, 3.63) is 12.2 Å². The molecule has 4 bridgehead atoms. The molecule has 1 nitrogen and oxygen atoms in total. The molecule has 4 fully saturated rings. The van der Waals surface area contributed by atoms with Crippen molar-refractivity contribution in [2.45, 2.75) is 51.9 Å². The average molecular weight is 258 g/mol. The monoisotopic (exact) mass is 258 g/mol. The number of hydrogen-bond acceptors (Lipinski definition) is 1. The third-order valence-electron chi connectivity index (χ3n) is 7.09. The Hall–Kier alpha value is -0.590. The number of rotatable bonds is 4. The smallest absolute Gasteiger partial charge is 0.157 e. The van der Waals surface area contributed by atoms with E-state index in [0.717, 1.165) is 59.8 Å². The number of allylic oxidation sites excluding steroid dienone is 1. The second kappa shape index (κ2) is 4.20. The number of carbonyl (C=O) groups is 1. The molecule has 0 N–H and O–H groups in total. The van der Waals surface area contributed by atoms with Crippen LogP contribution < -0.4 is 0 Å². The average Bonchev–Trinajstić information content (AvgIpc) is 3.12. The van der Waals surface area contributed by atoms with Gasteiger partial charge in [0.2, 0.25) is 0 Å². The molecular weight excluding hydrogens is 232 g/mol. The highest BCUT2D eigenvalue weighted by Gasteiger charge is 2.61. The minimum Gasteiger partial charge on any atom is -0.295 e. The highest BCUT2D eigenvalue weighted by atomic mass is 16.1. The number of fused-ring (bicyclic) bond motifs is 9. The molecule has 104 valence electrons. The first-order valence-electron chi connectivity index (χ1n) is 8.34. The normalized spacial score (nSPS) is 49.6. The number of ketones is 1. The third kappa shape index (κ3) is 1.69. The summed E-state index contributed by atoms with van der Waals surface area (Å²) in [5.41, 5.74) is 0.751. The SMILES string of the molecule is C=C(C)C(=O)CCC1CC2CC1C1C3CCC(C3)C21. The lowest BCUT2D eigenvalue weighted by atomic mass is 9.66. The van der Waals surface area contributed by atoms with Gasteiger partial charge in [-0.15, -0.1) is 0 Å². The van der Waals surface area contributed by atoms with Crippen molar-refractivity contribution >= 4 is 5.78 Å². The zero-order chi connectivity index (χ0) is 13.1. The molecule has 7 unspecified atom stereocenters. The molecule has 0 aromatic carbocycles. The first-order valence-corrected chi connectivity index (χ1v) is 8.34. The van der Waals surface area contributed by atoms with Crippen LogP contribution in [0.4, 0.5) is 0 Å². The minimum atomic E-state index is 0.298. The van der Waals surface area contributed by atoms with E-state index in [1.165, 1.54) is 25.7 Å². The van der Waals surface area contributed by atoms with Crippen molar-refractivity contribution in [1.82, 2.24) is 0 Å². The molecule has 0 amide bonds. The Bertz CT molecular complexity index is 423. The van der Waals surface area contributed by atoms with Gasteiger partial charge in [0.15, 0.2) is 5.78 Å². The molecular formula is C18H26O. The molecule has 4 rings (SSSR count). The van der Waals surface area contributed by atoms with Gasteiger partial charge in [0.05, 0.1) is 0 Å². The van der Waals surface area contributed by atoms with Crippen molar-refractivity contribution < 1.29 is 4.79 Å². The Morgan fingerprint density at radius 2 is 1.79 bits per heavy atom. The summed E-state index contributed by atoms with van der Waals surface area (Å²) in [6.45, 7) is 5.64. The van der Waals surface area contributed by atoms with E-state index in [1.54, 1.807) is 6.42 Å². The van der Waals surface area contributed by atoms with Crippen molar-refractivity contribution in [3.8, 4) is 0 Å². The van der Waals surface area contributed by atoms with E-state index in [1.807, 2.05) is 6.92 Å². The summed E-state index contributed by atoms with van der Waals surface area (Å²) in [7, 11) is 0. The predicted molar refractivity (Wildman–Crippen MR) is 76.6 cm³/mol. The van der Waals surface area contributed by atoms with Gasteiger partial charge in [0.1, 0.15) is 0 Å².